The second-order valence-electron chi connectivity index (χ2n) is 6.41. The molecule has 0 atom stereocenters. The molecular formula is C19H16N2O4S. The van der Waals surface area contributed by atoms with E-state index in [0.29, 0.717) is 25.3 Å². The Bertz CT molecular complexity index is 1010. The third-order valence-electron chi connectivity index (χ3n) is 4.82. The summed E-state index contributed by atoms with van der Waals surface area (Å²) in [7, 11) is 0. The zero-order valence-electron chi connectivity index (χ0n) is 14.2. The molecule has 0 spiro atoms. The fourth-order valence-electron chi connectivity index (χ4n) is 3.39. The van der Waals surface area contributed by atoms with E-state index in [9.17, 15) is 4.79 Å². The van der Waals surface area contributed by atoms with E-state index in [-0.39, 0.29) is 12.7 Å². The Labute approximate surface area is 153 Å². The fourth-order valence-corrected chi connectivity index (χ4v) is 4.28. The van der Waals surface area contributed by atoms with Crippen LogP contribution in [0, 0.1) is 6.92 Å². The highest BCUT2D eigenvalue weighted by atomic mass is 32.1. The average molecular weight is 368 g/mol. The summed E-state index contributed by atoms with van der Waals surface area (Å²) in [5.41, 5.74) is 3.66. The first-order valence-corrected chi connectivity index (χ1v) is 9.29. The van der Waals surface area contributed by atoms with E-state index in [2.05, 4.69) is 5.16 Å². The molecule has 4 heterocycles. The van der Waals surface area contributed by atoms with Crippen molar-refractivity contribution in [1.82, 2.24) is 10.1 Å². The van der Waals surface area contributed by atoms with E-state index in [1.807, 2.05) is 41.5 Å². The molecule has 1 aromatic carbocycles. The zero-order valence-corrected chi connectivity index (χ0v) is 15.0. The maximum absolute atomic E-state index is 12.9. The highest BCUT2D eigenvalue weighted by molar-refractivity contribution is 7.12. The number of thiophene rings is 1. The van der Waals surface area contributed by atoms with E-state index in [4.69, 9.17) is 14.0 Å². The molecule has 0 fully saturated rings. The Balaban J connectivity index is 1.47. The number of aryl methyl sites for hydroxylation is 1. The summed E-state index contributed by atoms with van der Waals surface area (Å²) in [4.78, 5) is 15.5. The molecule has 6 nitrogen and oxygen atoms in total. The number of aromatic nitrogens is 1. The quantitative estimate of drug-likeness (QED) is 0.691. The number of benzene rings is 1. The minimum atomic E-state index is 0.0704. The van der Waals surface area contributed by atoms with Crippen molar-refractivity contribution in [2.75, 3.05) is 13.3 Å². The van der Waals surface area contributed by atoms with E-state index >= 15 is 0 Å². The summed E-state index contributed by atoms with van der Waals surface area (Å²) in [6, 6.07) is 7.70. The van der Waals surface area contributed by atoms with Gasteiger partial charge in [0.05, 0.1) is 11.4 Å². The molecule has 26 heavy (non-hydrogen) atoms. The summed E-state index contributed by atoms with van der Waals surface area (Å²) in [6.45, 7) is 3.34. The van der Waals surface area contributed by atoms with Crippen molar-refractivity contribution < 1.29 is 18.8 Å². The number of hydrogen-bond donors (Lipinski definition) is 0. The molecule has 0 N–H and O–H groups in total. The summed E-state index contributed by atoms with van der Waals surface area (Å²) in [5.74, 6) is 2.36. The van der Waals surface area contributed by atoms with Gasteiger partial charge in [-0.1, -0.05) is 5.16 Å². The number of nitrogens with zero attached hydrogens (tertiary/aromatic N) is 2. The van der Waals surface area contributed by atoms with Gasteiger partial charge in [-0.2, -0.15) is 0 Å². The van der Waals surface area contributed by atoms with Crippen LogP contribution in [0.1, 0.15) is 26.6 Å². The molecule has 0 unspecified atom stereocenters. The molecular weight excluding hydrogens is 352 g/mol. The highest BCUT2D eigenvalue weighted by Crippen LogP contribution is 2.38. The predicted molar refractivity (Wildman–Crippen MR) is 95.6 cm³/mol. The molecule has 0 radical (unpaired) electrons. The van der Waals surface area contributed by atoms with Crippen LogP contribution < -0.4 is 9.47 Å². The van der Waals surface area contributed by atoms with Gasteiger partial charge in [-0.3, -0.25) is 4.79 Å². The van der Waals surface area contributed by atoms with Crippen molar-refractivity contribution in [3.8, 4) is 22.8 Å². The lowest BCUT2D eigenvalue weighted by Gasteiger charge is -2.26. The first-order chi connectivity index (χ1) is 12.7. The van der Waals surface area contributed by atoms with Crippen LogP contribution in [0.15, 0.2) is 34.2 Å². The highest BCUT2D eigenvalue weighted by Gasteiger charge is 2.29. The van der Waals surface area contributed by atoms with Crippen molar-refractivity contribution in [2.24, 2.45) is 0 Å². The second kappa shape index (κ2) is 5.88. The van der Waals surface area contributed by atoms with Crippen LogP contribution in [0.2, 0.25) is 0 Å². The van der Waals surface area contributed by atoms with E-state index < -0.39 is 0 Å². The van der Waals surface area contributed by atoms with Gasteiger partial charge in [-0.25, -0.2) is 0 Å². The van der Waals surface area contributed by atoms with Gasteiger partial charge in [0, 0.05) is 24.1 Å². The van der Waals surface area contributed by atoms with Crippen molar-refractivity contribution >= 4 is 17.2 Å². The van der Waals surface area contributed by atoms with Crippen LogP contribution in [0.3, 0.4) is 0 Å². The van der Waals surface area contributed by atoms with Crippen molar-refractivity contribution in [1.29, 1.82) is 0 Å². The van der Waals surface area contributed by atoms with Crippen LogP contribution >= 0.6 is 11.3 Å². The maximum Gasteiger partial charge on any atom is 0.264 e. The number of carbonyl (C=O) groups is 1. The lowest BCUT2D eigenvalue weighted by Crippen LogP contribution is -2.35. The van der Waals surface area contributed by atoms with Crippen molar-refractivity contribution in [2.45, 2.75) is 19.9 Å². The Morgan fingerprint density at radius 1 is 1.23 bits per heavy atom. The number of rotatable bonds is 2. The van der Waals surface area contributed by atoms with Gasteiger partial charge < -0.3 is 18.9 Å². The maximum atomic E-state index is 12.9. The van der Waals surface area contributed by atoms with Gasteiger partial charge in [0.15, 0.2) is 11.5 Å². The second-order valence-corrected chi connectivity index (χ2v) is 7.33. The lowest BCUT2D eigenvalue weighted by atomic mass is 10.0. The average Bonchev–Trinajstić information content (AvgIpc) is 3.38. The molecule has 7 heteroatoms. The number of carbonyl (C=O) groups excluding carboxylic acids is 1. The molecule has 0 aliphatic carbocycles. The van der Waals surface area contributed by atoms with E-state index in [1.54, 1.807) is 0 Å². The van der Waals surface area contributed by atoms with Crippen LogP contribution in [0.4, 0.5) is 0 Å². The topological polar surface area (TPSA) is 64.8 Å². The third kappa shape index (κ3) is 2.39. The van der Waals surface area contributed by atoms with Crippen molar-refractivity contribution in [3.63, 3.8) is 0 Å². The molecule has 2 aliphatic heterocycles. The van der Waals surface area contributed by atoms with Crippen LogP contribution in [-0.2, 0) is 13.0 Å². The monoisotopic (exact) mass is 368 g/mol. The molecule has 2 aromatic heterocycles. The number of ether oxygens (including phenoxy) is 2. The third-order valence-corrected chi connectivity index (χ3v) is 5.82. The van der Waals surface area contributed by atoms with Crippen LogP contribution in [-0.4, -0.2) is 29.3 Å². The lowest BCUT2D eigenvalue weighted by molar-refractivity contribution is 0.0733. The smallest absolute Gasteiger partial charge is 0.264 e. The van der Waals surface area contributed by atoms with E-state index in [1.165, 1.54) is 11.3 Å². The van der Waals surface area contributed by atoms with Gasteiger partial charge in [0.25, 0.3) is 5.91 Å². The Kier molecular flexibility index (Phi) is 3.49. The number of amides is 1. The van der Waals surface area contributed by atoms with Gasteiger partial charge in [-0.15, -0.1) is 11.3 Å². The van der Waals surface area contributed by atoms with Crippen molar-refractivity contribution in [3.05, 3.63) is 51.4 Å². The summed E-state index contributed by atoms with van der Waals surface area (Å²) in [5, 5.41) is 6.21. The van der Waals surface area contributed by atoms with Gasteiger partial charge in [0.1, 0.15) is 11.5 Å². The van der Waals surface area contributed by atoms with E-state index in [0.717, 1.165) is 38.8 Å². The fraction of sp³-hybridized carbons (Fsp3) is 0.263. The summed E-state index contributed by atoms with van der Waals surface area (Å²) >= 11 is 1.49. The molecule has 132 valence electrons. The molecule has 0 saturated heterocycles. The molecule has 3 aromatic rings. The molecule has 5 rings (SSSR count). The first kappa shape index (κ1) is 15.5. The van der Waals surface area contributed by atoms with Gasteiger partial charge >= 0.3 is 0 Å². The molecule has 0 bridgehead atoms. The Morgan fingerprint density at radius 2 is 2.12 bits per heavy atom. The zero-order chi connectivity index (χ0) is 17.7. The summed E-state index contributed by atoms with van der Waals surface area (Å²) < 4.78 is 16.4. The van der Waals surface area contributed by atoms with Gasteiger partial charge in [0.2, 0.25) is 6.79 Å². The standard InChI is InChI=1S/C19H16N2O4S/c1-11-5-7-26-18(11)19(22)21-6-4-14-13(9-21)17(20-25-14)12-2-3-15-16(8-12)24-10-23-15/h2-3,5,7-8H,4,6,9-10H2,1H3. The molecule has 0 saturated carbocycles. The molecule has 2 aliphatic rings. The van der Waals surface area contributed by atoms with Crippen LogP contribution in [0.5, 0.6) is 11.5 Å². The predicted octanol–water partition coefficient (Wildman–Crippen LogP) is 3.64. The van der Waals surface area contributed by atoms with Gasteiger partial charge in [-0.05, 0) is 42.1 Å². The minimum absolute atomic E-state index is 0.0704. The largest absolute Gasteiger partial charge is 0.454 e. The Morgan fingerprint density at radius 3 is 2.96 bits per heavy atom. The van der Waals surface area contributed by atoms with Crippen LogP contribution in [0.25, 0.3) is 11.3 Å². The first-order valence-electron chi connectivity index (χ1n) is 8.41. The normalized spacial score (nSPS) is 15.2. The number of fused-ring (bicyclic) bond motifs is 2. The Hall–Kier alpha value is -2.80. The summed E-state index contributed by atoms with van der Waals surface area (Å²) in [6.07, 6.45) is 0.670. The minimum Gasteiger partial charge on any atom is -0.454 e. The number of hydrogen-bond acceptors (Lipinski definition) is 6. The SMILES string of the molecule is Cc1ccsc1C(=O)N1CCc2onc(-c3ccc4c(c3)OCO4)c2C1. The molecule has 1 amide bonds.